The number of hydrogen-bond acceptors (Lipinski definition) is 2. The van der Waals surface area contributed by atoms with Gasteiger partial charge in [-0.25, -0.2) is 4.39 Å². The van der Waals surface area contributed by atoms with Crippen molar-refractivity contribution in [2.45, 2.75) is 25.7 Å². The number of rotatable bonds is 6. The summed E-state index contributed by atoms with van der Waals surface area (Å²) in [6, 6.07) is 6.09. The summed E-state index contributed by atoms with van der Waals surface area (Å²) in [6.45, 7) is 5.29. The molecule has 0 atom stereocenters. The number of carbonyl (C=O) groups excluding carboxylic acids is 1. The molecule has 0 aliphatic carbocycles. The van der Waals surface area contributed by atoms with Gasteiger partial charge in [-0.1, -0.05) is 12.1 Å². The third-order valence-corrected chi connectivity index (χ3v) is 3.20. The fraction of sp³-hybridized carbons (Fsp3) is 0.533. The molecule has 1 aromatic rings. The third-order valence-electron chi connectivity index (χ3n) is 3.20. The molecule has 0 saturated carbocycles. The number of carbonyl (C=O) groups is 1. The largest absolute Gasteiger partial charge is 0.355 e. The van der Waals surface area contributed by atoms with Crippen molar-refractivity contribution in [2.75, 3.05) is 27.2 Å². The molecule has 0 aliphatic heterocycles. The van der Waals surface area contributed by atoms with E-state index in [4.69, 9.17) is 0 Å². The highest BCUT2D eigenvalue weighted by Crippen LogP contribution is 2.23. The zero-order chi connectivity index (χ0) is 14.5. The second-order valence-electron chi connectivity index (χ2n) is 5.54. The molecule has 0 aromatic heterocycles. The predicted octanol–water partition coefficient (Wildman–Crippen LogP) is 2.17. The highest BCUT2D eigenvalue weighted by molar-refractivity contribution is 5.87. The summed E-state index contributed by atoms with van der Waals surface area (Å²) in [7, 11) is 4.01. The van der Waals surface area contributed by atoms with Gasteiger partial charge in [-0.15, -0.1) is 0 Å². The summed E-state index contributed by atoms with van der Waals surface area (Å²) in [5, 5.41) is 2.93. The normalized spacial score (nSPS) is 11.7. The Morgan fingerprint density at radius 1 is 1.26 bits per heavy atom. The maximum Gasteiger partial charge on any atom is 0.230 e. The molecule has 3 nitrogen and oxygen atoms in total. The molecule has 0 spiro atoms. The average molecular weight is 266 g/mol. The van der Waals surface area contributed by atoms with Gasteiger partial charge in [-0.05, 0) is 58.6 Å². The van der Waals surface area contributed by atoms with Crippen LogP contribution in [-0.4, -0.2) is 38.0 Å². The van der Waals surface area contributed by atoms with Crippen molar-refractivity contribution in [3.8, 4) is 0 Å². The van der Waals surface area contributed by atoms with E-state index in [9.17, 15) is 9.18 Å². The SMILES string of the molecule is CN(C)CCCNC(=O)C(C)(C)c1ccc(F)cc1. The Labute approximate surface area is 114 Å². The summed E-state index contributed by atoms with van der Waals surface area (Å²) in [6.07, 6.45) is 0.915. The first kappa shape index (κ1) is 15.6. The molecule has 4 heteroatoms. The van der Waals surface area contributed by atoms with Gasteiger partial charge in [0, 0.05) is 6.54 Å². The molecule has 106 valence electrons. The van der Waals surface area contributed by atoms with E-state index in [1.807, 2.05) is 27.9 Å². The van der Waals surface area contributed by atoms with Gasteiger partial charge >= 0.3 is 0 Å². The zero-order valence-corrected chi connectivity index (χ0v) is 12.2. The topological polar surface area (TPSA) is 32.3 Å². The van der Waals surface area contributed by atoms with Gasteiger partial charge < -0.3 is 10.2 Å². The average Bonchev–Trinajstić information content (AvgIpc) is 2.34. The van der Waals surface area contributed by atoms with Crippen molar-refractivity contribution >= 4 is 5.91 Å². The lowest BCUT2D eigenvalue weighted by molar-refractivity contribution is -0.125. The van der Waals surface area contributed by atoms with Crippen molar-refractivity contribution < 1.29 is 9.18 Å². The standard InChI is InChI=1S/C15H23FN2O/c1-15(2,12-6-8-13(16)9-7-12)14(19)17-10-5-11-18(3)4/h6-9H,5,10-11H2,1-4H3,(H,17,19). The van der Waals surface area contributed by atoms with Crippen LogP contribution in [0.3, 0.4) is 0 Å². The molecular formula is C15H23FN2O. The molecule has 0 fully saturated rings. The van der Waals surface area contributed by atoms with Gasteiger partial charge in [-0.2, -0.15) is 0 Å². The van der Waals surface area contributed by atoms with Crippen molar-refractivity contribution in [1.29, 1.82) is 0 Å². The van der Waals surface area contributed by atoms with E-state index in [-0.39, 0.29) is 11.7 Å². The van der Waals surface area contributed by atoms with Crippen LogP contribution in [0.4, 0.5) is 4.39 Å². The summed E-state index contributed by atoms with van der Waals surface area (Å²) < 4.78 is 12.9. The number of hydrogen-bond donors (Lipinski definition) is 1. The van der Waals surface area contributed by atoms with Crippen LogP contribution in [0.5, 0.6) is 0 Å². The van der Waals surface area contributed by atoms with E-state index >= 15 is 0 Å². The predicted molar refractivity (Wildman–Crippen MR) is 75.6 cm³/mol. The van der Waals surface area contributed by atoms with Crippen LogP contribution >= 0.6 is 0 Å². The first-order valence-electron chi connectivity index (χ1n) is 6.53. The number of nitrogens with one attached hydrogen (secondary N) is 1. The Hall–Kier alpha value is -1.42. The van der Waals surface area contributed by atoms with Crippen LogP contribution in [0.2, 0.25) is 0 Å². The highest BCUT2D eigenvalue weighted by atomic mass is 19.1. The van der Waals surface area contributed by atoms with Crippen LogP contribution in [0.25, 0.3) is 0 Å². The Kier molecular flexibility index (Phi) is 5.48. The summed E-state index contributed by atoms with van der Waals surface area (Å²) in [5.74, 6) is -0.316. The minimum atomic E-state index is -0.647. The van der Waals surface area contributed by atoms with Crippen LogP contribution in [0.1, 0.15) is 25.8 Å². The van der Waals surface area contributed by atoms with E-state index in [2.05, 4.69) is 10.2 Å². The third kappa shape index (κ3) is 4.63. The minimum Gasteiger partial charge on any atom is -0.355 e. The van der Waals surface area contributed by atoms with E-state index in [1.165, 1.54) is 12.1 Å². The van der Waals surface area contributed by atoms with Gasteiger partial charge in [0.25, 0.3) is 0 Å². The second kappa shape index (κ2) is 6.66. The van der Waals surface area contributed by atoms with E-state index in [0.29, 0.717) is 6.54 Å². The lowest BCUT2D eigenvalue weighted by Gasteiger charge is -2.24. The van der Waals surface area contributed by atoms with Gasteiger partial charge in [0.05, 0.1) is 5.41 Å². The molecule has 0 saturated heterocycles. The molecule has 1 aromatic carbocycles. The summed E-state index contributed by atoms with van der Waals surface area (Å²) in [5.41, 5.74) is 0.172. The molecule has 1 amide bonds. The first-order valence-corrected chi connectivity index (χ1v) is 6.53. The molecule has 1 rings (SSSR count). The van der Waals surface area contributed by atoms with Crippen LogP contribution in [0.15, 0.2) is 24.3 Å². The Bertz CT molecular complexity index is 413. The van der Waals surface area contributed by atoms with E-state index in [1.54, 1.807) is 12.1 Å². The molecule has 0 radical (unpaired) electrons. The summed E-state index contributed by atoms with van der Waals surface area (Å²) >= 11 is 0. The van der Waals surface area contributed by atoms with Gasteiger partial charge in [0.15, 0.2) is 0 Å². The maximum atomic E-state index is 12.9. The molecule has 1 N–H and O–H groups in total. The fourth-order valence-electron chi connectivity index (χ4n) is 1.82. The number of halogens is 1. The monoisotopic (exact) mass is 266 g/mol. The second-order valence-corrected chi connectivity index (χ2v) is 5.54. The number of nitrogens with zero attached hydrogens (tertiary/aromatic N) is 1. The van der Waals surface area contributed by atoms with Crippen LogP contribution in [0, 0.1) is 5.82 Å². The Balaban J connectivity index is 2.56. The van der Waals surface area contributed by atoms with Crippen molar-refractivity contribution in [3.05, 3.63) is 35.6 Å². The summed E-state index contributed by atoms with van der Waals surface area (Å²) in [4.78, 5) is 14.3. The number of amides is 1. The molecular weight excluding hydrogens is 243 g/mol. The van der Waals surface area contributed by atoms with Crippen molar-refractivity contribution in [2.24, 2.45) is 0 Å². The Morgan fingerprint density at radius 3 is 2.37 bits per heavy atom. The van der Waals surface area contributed by atoms with E-state index in [0.717, 1.165) is 18.5 Å². The lowest BCUT2D eigenvalue weighted by atomic mass is 9.83. The van der Waals surface area contributed by atoms with Crippen LogP contribution < -0.4 is 5.32 Å². The minimum absolute atomic E-state index is 0.0298. The zero-order valence-electron chi connectivity index (χ0n) is 12.2. The van der Waals surface area contributed by atoms with E-state index < -0.39 is 5.41 Å². The Morgan fingerprint density at radius 2 is 1.84 bits per heavy atom. The van der Waals surface area contributed by atoms with Gasteiger partial charge in [0.1, 0.15) is 5.82 Å². The first-order chi connectivity index (χ1) is 8.84. The quantitative estimate of drug-likeness (QED) is 0.800. The maximum absolute atomic E-state index is 12.9. The fourth-order valence-corrected chi connectivity index (χ4v) is 1.82. The number of benzene rings is 1. The molecule has 0 unspecified atom stereocenters. The lowest BCUT2D eigenvalue weighted by Crippen LogP contribution is -2.41. The van der Waals surface area contributed by atoms with Crippen molar-refractivity contribution in [1.82, 2.24) is 10.2 Å². The highest BCUT2D eigenvalue weighted by Gasteiger charge is 2.29. The molecule has 19 heavy (non-hydrogen) atoms. The van der Waals surface area contributed by atoms with Gasteiger partial charge in [-0.3, -0.25) is 4.79 Å². The van der Waals surface area contributed by atoms with Crippen molar-refractivity contribution in [3.63, 3.8) is 0 Å². The molecule has 0 bridgehead atoms. The molecule has 0 aliphatic rings. The smallest absolute Gasteiger partial charge is 0.230 e. The molecule has 0 heterocycles. The van der Waals surface area contributed by atoms with Gasteiger partial charge in [0.2, 0.25) is 5.91 Å². The van der Waals surface area contributed by atoms with Crippen LogP contribution in [-0.2, 0) is 10.2 Å².